The van der Waals surface area contributed by atoms with Crippen molar-refractivity contribution < 1.29 is 0 Å². The van der Waals surface area contributed by atoms with E-state index in [0.29, 0.717) is 0 Å². The molecule has 2 heterocycles. The van der Waals surface area contributed by atoms with E-state index in [0.717, 1.165) is 35.9 Å². The van der Waals surface area contributed by atoms with Gasteiger partial charge in [0.2, 0.25) is 0 Å². The van der Waals surface area contributed by atoms with Crippen LogP contribution in [0.3, 0.4) is 0 Å². The first-order valence-electron chi connectivity index (χ1n) is 6.43. The number of aryl methyl sites for hydroxylation is 1. The zero-order valence-corrected chi connectivity index (χ0v) is 12.4. The standard InChI is InChI=1S/C14H18BrN3/c1-14(5-7-16-8-6-14)13-17-11-9-10(15)3-4-12(11)18(13)2/h3-4,9,16H,5-8H2,1-2H3. The Morgan fingerprint density at radius 2 is 2.06 bits per heavy atom. The molecule has 3 nitrogen and oxygen atoms in total. The molecule has 0 atom stereocenters. The maximum absolute atomic E-state index is 4.87. The lowest BCUT2D eigenvalue weighted by atomic mass is 9.80. The van der Waals surface area contributed by atoms with Gasteiger partial charge in [0.05, 0.1) is 11.0 Å². The Bertz CT molecular complexity index is 582. The number of benzene rings is 1. The highest BCUT2D eigenvalue weighted by Crippen LogP contribution is 2.34. The Morgan fingerprint density at radius 1 is 1.33 bits per heavy atom. The van der Waals surface area contributed by atoms with Crippen LogP contribution < -0.4 is 5.32 Å². The van der Waals surface area contributed by atoms with E-state index < -0.39 is 0 Å². The van der Waals surface area contributed by atoms with Gasteiger partial charge in [-0.05, 0) is 44.1 Å². The van der Waals surface area contributed by atoms with Gasteiger partial charge in [-0.15, -0.1) is 0 Å². The molecule has 18 heavy (non-hydrogen) atoms. The third-order valence-electron chi connectivity index (χ3n) is 4.09. The molecule has 0 bridgehead atoms. The van der Waals surface area contributed by atoms with Crippen LogP contribution in [0.4, 0.5) is 0 Å². The highest BCUT2D eigenvalue weighted by Gasteiger charge is 2.33. The number of aromatic nitrogens is 2. The number of nitrogens with zero attached hydrogens (tertiary/aromatic N) is 2. The fourth-order valence-corrected chi connectivity index (χ4v) is 3.26. The van der Waals surface area contributed by atoms with Crippen LogP contribution in [0, 0.1) is 0 Å². The van der Waals surface area contributed by atoms with E-state index in [1.165, 1.54) is 11.3 Å². The van der Waals surface area contributed by atoms with Gasteiger partial charge < -0.3 is 9.88 Å². The molecule has 0 radical (unpaired) electrons. The van der Waals surface area contributed by atoms with Crippen LogP contribution in [0.2, 0.25) is 0 Å². The minimum Gasteiger partial charge on any atom is -0.331 e. The van der Waals surface area contributed by atoms with E-state index >= 15 is 0 Å². The first kappa shape index (κ1) is 12.2. The van der Waals surface area contributed by atoms with E-state index in [4.69, 9.17) is 4.98 Å². The molecule has 0 amide bonds. The molecule has 96 valence electrons. The number of rotatable bonds is 1. The van der Waals surface area contributed by atoms with E-state index in [1.807, 2.05) is 0 Å². The van der Waals surface area contributed by atoms with Crippen molar-refractivity contribution in [2.75, 3.05) is 13.1 Å². The summed E-state index contributed by atoms with van der Waals surface area (Å²) in [6, 6.07) is 6.32. The van der Waals surface area contributed by atoms with Gasteiger partial charge in [-0.1, -0.05) is 22.9 Å². The summed E-state index contributed by atoms with van der Waals surface area (Å²) >= 11 is 3.52. The van der Waals surface area contributed by atoms with Gasteiger partial charge in [0.1, 0.15) is 5.82 Å². The van der Waals surface area contributed by atoms with Crippen molar-refractivity contribution >= 4 is 27.0 Å². The lowest BCUT2D eigenvalue weighted by Crippen LogP contribution is -2.39. The smallest absolute Gasteiger partial charge is 0.115 e. The Kier molecular flexibility index (Phi) is 2.94. The van der Waals surface area contributed by atoms with Crippen LogP contribution in [0.5, 0.6) is 0 Å². The maximum atomic E-state index is 4.87. The molecule has 1 N–H and O–H groups in total. The predicted octanol–water partition coefficient (Wildman–Crippen LogP) is 2.98. The first-order chi connectivity index (χ1) is 8.60. The average Bonchev–Trinajstić information content (AvgIpc) is 2.68. The quantitative estimate of drug-likeness (QED) is 0.878. The largest absolute Gasteiger partial charge is 0.331 e. The summed E-state index contributed by atoms with van der Waals surface area (Å²) in [7, 11) is 2.13. The SMILES string of the molecule is Cn1c(C2(C)CCNCC2)nc2cc(Br)ccc21. The van der Waals surface area contributed by atoms with Crippen LogP contribution in [-0.4, -0.2) is 22.6 Å². The molecule has 1 saturated heterocycles. The predicted molar refractivity (Wildman–Crippen MR) is 77.9 cm³/mol. The third-order valence-corrected chi connectivity index (χ3v) is 4.58. The lowest BCUT2D eigenvalue weighted by Gasteiger charge is -2.33. The molecule has 0 unspecified atom stereocenters. The topological polar surface area (TPSA) is 29.9 Å². The maximum Gasteiger partial charge on any atom is 0.115 e. The van der Waals surface area contributed by atoms with Crippen molar-refractivity contribution in [1.82, 2.24) is 14.9 Å². The number of imidazole rings is 1. The highest BCUT2D eigenvalue weighted by atomic mass is 79.9. The average molecular weight is 308 g/mol. The Morgan fingerprint density at radius 3 is 2.78 bits per heavy atom. The van der Waals surface area contributed by atoms with Gasteiger partial charge in [0, 0.05) is 16.9 Å². The van der Waals surface area contributed by atoms with Crippen molar-refractivity contribution in [3.8, 4) is 0 Å². The normalized spacial score (nSPS) is 19.3. The summed E-state index contributed by atoms with van der Waals surface area (Å²) in [5.41, 5.74) is 2.50. The zero-order valence-electron chi connectivity index (χ0n) is 10.8. The summed E-state index contributed by atoms with van der Waals surface area (Å²) in [4.78, 5) is 4.87. The second-order valence-electron chi connectivity index (χ2n) is 5.44. The lowest BCUT2D eigenvalue weighted by molar-refractivity contribution is 0.313. The van der Waals surface area contributed by atoms with Gasteiger partial charge >= 0.3 is 0 Å². The number of piperidine rings is 1. The van der Waals surface area contributed by atoms with Crippen LogP contribution in [0.1, 0.15) is 25.6 Å². The van der Waals surface area contributed by atoms with E-state index in [9.17, 15) is 0 Å². The molecular formula is C14H18BrN3. The van der Waals surface area contributed by atoms with Crippen LogP contribution >= 0.6 is 15.9 Å². The molecule has 1 aliphatic heterocycles. The Hall–Kier alpha value is -0.870. The summed E-state index contributed by atoms with van der Waals surface area (Å²) in [6.45, 7) is 4.51. The Labute approximate surface area is 116 Å². The molecule has 1 aliphatic rings. The number of halogens is 1. The number of hydrogen-bond donors (Lipinski definition) is 1. The fourth-order valence-electron chi connectivity index (χ4n) is 2.91. The summed E-state index contributed by atoms with van der Waals surface area (Å²) in [5.74, 6) is 1.22. The van der Waals surface area contributed by atoms with Gasteiger partial charge in [-0.25, -0.2) is 4.98 Å². The van der Waals surface area contributed by atoms with E-state index in [-0.39, 0.29) is 5.41 Å². The zero-order chi connectivity index (χ0) is 12.8. The fraction of sp³-hybridized carbons (Fsp3) is 0.500. The van der Waals surface area contributed by atoms with E-state index in [2.05, 4.69) is 58.0 Å². The molecular weight excluding hydrogens is 290 g/mol. The molecule has 1 aromatic carbocycles. The molecule has 0 saturated carbocycles. The molecule has 4 heteroatoms. The first-order valence-corrected chi connectivity index (χ1v) is 7.23. The number of nitrogens with one attached hydrogen (secondary N) is 1. The van der Waals surface area contributed by atoms with Crippen molar-refractivity contribution in [1.29, 1.82) is 0 Å². The molecule has 1 aromatic heterocycles. The van der Waals surface area contributed by atoms with Gasteiger partial charge in [-0.3, -0.25) is 0 Å². The van der Waals surface area contributed by atoms with Crippen LogP contribution in [0.25, 0.3) is 11.0 Å². The van der Waals surface area contributed by atoms with Crippen molar-refractivity contribution in [2.24, 2.45) is 7.05 Å². The van der Waals surface area contributed by atoms with Crippen molar-refractivity contribution in [3.05, 3.63) is 28.5 Å². The molecule has 1 fully saturated rings. The summed E-state index contributed by atoms with van der Waals surface area (Å²) < 4.78 is 3.35. The van der Waals surface area contributed by atoms with Gasteiger partial charge in [-0.2, -0.15) is 0 Å². The Balaban J connectivity index is 2.14. The van der Waals surface area contributed by atoms with Crippen LogP contribution in [-0.2, 0) is 12.5 Å². The van der Waals surface area contributed by atoms with Gasteiger partial charge in [0.25, 0.3) is 0 Å². The number of fused-ring (bicyclic) bond motifs is 1. The molecule has 2 aromatic rings. The monoisotopic (exact) mass is 307 g/mol. The molecule has 0 spiro atoms. The second-order valence-corrected chi connectivity index (χ2v) is 6.35. The highest BCUT2D eigenvalue weighted by molar-refractivity contribution is 9.10. The second kappa shape index (κ2) is 4.35. The third kappa shape index (κ3) is 1.88. The number of hydrogen-bond acceptors (Lipinski definition) is 2. The molecule has 0 aliphatic carbocycles. The van der Waals surface area contributed by atoms with Crippen molar-refractivity contribution in [3.63, 3.8) is 0 Å². The summed E-state index contributed by atoms with van der Waals surface area (Å²) in [6.07, 6.45) is 2.32. The van der Waals surface area contributed by atoms with Crippen molar-refractivity contribution in [2.45, 2.75) is 25.2 Å². The molecule has 3 rings (SSSR count). The minimum absolute atomic E-state index is 0.200. The minimum atomic E-state index is 0.200. The van der Waals surface area contributed by atoms with Crippen LogP contribution in [0.15, 0.2) is 22.7 Å². The summed E-state index contributed by atoms with van der Waals surface area (Å²) in [5, 5.41) is 3.43. The van der Waals surface area contributed by atoms with E-state index in [1.54, 1.807) is 0 Å². The van der Waals surface area contributed by atoms with Gasteiger partial charge in [0.15, 0.2) is 0 Å².